The highest BCUT2D eigenvalue weighted by molar-refractivity contribution is 7.89. The Labute approximate surface area is 135 Å². The Bertz CT molecular complexity index is 796. The van der Waals surface area contributed by atoms with Gasteiger partial charge in [0, 0.05) is 17.8 Å². The minimum absolute atomic E-state index is 0.126. The Morgan fingerprint density at radius 2 is 2.09 bits per heavy atom. The van der Waals surface area contributed by atoms with Gasteiger partial charge in [-0.3, -0.25) is 4.79 Å². The summed E-state index contributed by atoms with van der Waals surface area (Å²) in [5.41, 5.74) is 1.15. The predicted octanol–water partition coefficient (Wildman–Crippen LogP) is 3.01. The molecule has 1 aromatic carbocycles. The summed E-state index contributed by atoms with van der Waals surface area (Å²) in [6.45, 7) is 4.08. The summed E-state index contributed by atoms with van der Waals surface area (Å²) in [5, 5.41) is 8.53. The number of unbranched alkanes of at least 4 members (excludes halogenated alkanes) is 1. The van der Waals surface area contributed by atoms with E-state index in [0.29, 0.717) is 23.6 Å². The molecule has 0 atom stereocenters. The lowest BCUT2D eigenvalue weighted by atomic mass is 10.0. The second kappa shape index (κ2) is 6.97. The fraction of sp³-hybridized carbons (Fsp3) is 0.312. The van der Waals surface area contributed by atoms with Crippen LogP contribution in [0.4, 0.5) is 5.69 Å². The van der Waals surface area contributed by atoms with Crippen molar-refractivity contribution < 1.29 is 17.6 Å². The van der Waals surface area contributed by atoms with E-state index in [0.717, 1.165) is 12.8 Å². The number of rotatable bonds is 7. The van der Waals surface area contributed by atoms with Crippen LogP contribution in [0.15, 0.2) is 39.8 Å². The molecule has 0 aliphatic carbocycles. The number of nitrogens with one attached hydrogen (secondary N) is 1. The van der Waals surface area contributed by atoms with E-state index in [1.807, 2.05) is 0 Å². The van der Waals surface area contributed by atoms with Gasteiger partial charge in [0.15, 0.2) is 5.78 Å². The number of sulfonamides is 1. The number of primary sulfonamides is 1. The standard InChI is InChI=1S/C16H20N2O4S/c1-3-4-7-18-13-9-12(11(2)19)10-15(23(17,20)21)16(13)14-6-5-8-22-14/h5-6,8-10,18H,3-4,7H2,1-2H3,(H2,17,20,21). The normalized spacial score (nSPS) is 11.4. The summed E-state index contributed by atoms with van der Waals surface area (Å²) in [7, 11) is -4.02. The van der Waals surface area contributed by atoms with Crippen LogP contribution in [-0.2, 0) is 10.0 Å². The van der Waals surface area contributed by atoms with Gasteiger partial charge in [0.1, 0.15) is 5.76 Å². The largest absolute Gasteiger partial charge is 0.464 e. The van der Waals surface area contributed by atoms with E-state index in [9.17, 15) is 13.2 Å². The first kappa shape index (κ1) is 17.2. The number of hydrogen-bond donors (Lipinski definition) is 2. The molecule has 1 heterocycles. The van der Waals surface area contributed by atoms with Crippen LogP contribution in [-0.4, -0.2) is 20.7 Å². The molecular weight excluding hydrogens is 316 g/mol. The van der Waals surface area contributed by atoms with Crippen molar-refractivity contribution in [1.82, 2.24) is 0 Å². The molecule has 1 aromatic heterocycles. The lowest BCUT2D eigenvalue weighted by Crippen LogP contribution is -2.16. The second-order valence-corrected chi connectivity index (χ2v) is 6.79. The van der Waals surface area contributed by atoms with Crippen molar-refractivity contribution in [3.63, 3.8) is 0 Å². The molecule has 7 heteroatoms. The van der Waals surface area contributed by atoms with E-state index in [4.69, 9.17) is 9.56 Å². The second-order valence-electron chi connectivity index (χ2n) is 5.26. The fourth-order valence-electron chi connectivity index (χ4n) is 2.26. The first-order valence-electron chi connectivity index (χ1n) is 7.34. The minimum atomic E-state index is -4.02. The molecule has 124 valence electrons. The summed E-state index contributed by atoms with van der Waals surface area (Å²) < 4.78 is 29.4. The first-order valence-corrected chi connectivity index (χ1v) is 8.88. The lowest BCUT2D eigenvalue weighted by Gasteiger charge is -2.15. The van der Waals surface area contributed by atoms with Gasteiger partial charge < -0.3 is 9.73 Å². The van der Waals surface area contributed by atoms with Gasteiger partial charge in [-0.1, -0.05) is 13.3 Å². The van der Waals surface area contributed by atoms with Gasteiger partial charge in [0.25, 0.3) is 0 Å². The summed E-state index contributed by atoms with van der Waals surface area (Å²) in [6, 6.07) is 6.24. The predicted molar refractivity (Wildman–Crippen MR) is 88.9 cm³/mol. The van der Waals surface area contributed by atoms with Gasteiger partial charge in [0.2, 0.25) is 10.0 Å². The number of nitrogens with two attached hydrogens (primary N) is 1. The zero-order valence-corrected chi connectivity index (χ0v) is 13.9. The Morgan fingerprint density at radius 3 is 2.61 bits per heavy atom. The molecule has 0 saturated heterocycles. The van der Waals surface area contributed by atoms with Crippen molar-refractivity contribution in [2.75, 3.05) is 11.9 Å². The molecular formula is C16H20N2O4S. The topological polar surface area (TPSA) is 102 Å². The van der Waals surface area contributed by atoms with E-state index < -0.39 is 10.0 Å². The van der Waals surface area contributed by atoms with E-state index in [2.05, 4.69) is 12.2 Å². The Kier molecular flexibility index (Phi) is 5.23. The molecule has 0 spiro atoms. The molecule has 2 rings (SSSR count). The van der Waals surface area contributed by atoms with Crippen molar-refractivity contribution in [3.05, 3.63) is 36.1 Å². The van der Waals surface area contributed by atoms with Gasteiger partial charge in [-0.25, -0.2) is 13.6 Å². The van der Waals surface area contributed by atoms with Crippen molar-refractivity contribution in [1.29, 1.82) is 0 Å². The highest BCUT2D eigenvalue weighted by Crippen LogP contribution is 2.36. The monoisotopic (exact) mass is 336 g/mol. The SMILES string of the molecule is CCCCNc1cc(C(C)=O)cc(S(N)(=O)=O)c1-c1ccco1. The summed E-state index contributed by atoms with van der Waals surface area (Å²) in [4.78, 5) is 11.6. The Morgan fingerprint density at radius 1 is 1.35 bits per heavy atom. The number of carbonyl (C=O) groups excluding carboxylic acids is 1. The number of anilines is 1. The molecule has 0 amide bonds. The Hall–Kier alpha value is -2.12. The van der Waals surface area contributed by atoms with Crippen molar-refractivity contribution >= 4 is 21.5 Å². The van der Waals surface area contributed by atoms with Crippen molar-refractivity contribution in [3.8, 4) is 11.3 Å². The number of ketones is 1. The van der Waals surface area contributed by atoms with Gasteiger partial charge in [-0.15, -0.1) is 0 Å². The molecule has 23 heavy (non-hydrogen) atoms. The quantitative estimate of drug-likeness (QED) is 0.597. The molecule has 0 aliphatic rings. The number of furan rings is 1. The van der Waals surface area contributed by atoms with Crippen LogP contribution in [0.2, 0.25) is 0 Å². The van der Waals surface area contributed by atoms with Crippen LogP contribution < -0.4 is 10.5 Å². The first-order chi connectivity index (χ1) is 10.8. The maximum absolute atomic E-state index is 12.0. The van der Waals surface area contributed by atoms with Gasteiger partial charge in [0.05, 0.1) is 16.7 Å². The fourth-order valence-corrected chi connectivity index (χ4v) is 3.04. The van der Waals surface area contributed by atoms with Crippen LogP contribution in [0, 0.1) is 0 Å². The summed E-state index contributed by atoms with van der Waals surface area (Å²) in [6.07, 6.45) is 3.35. The van der Waals surface area contributed by atoms with Gasteiger partial charge in [-0.05, 0) is 37.6 Å². The molecule has 6 nitrogen and oxygen atoms in total. The third-order valence-electron chi connectivity index (χ3n) is 3.43. The molecule has 0 fully saturated rings. The highest BCUT2D eigenvalue weighted by Gasteiger charge is 2.23. The van der Waals surface area contributed by atoms with Crippen molar-refractivity contribution in [2.24, 2.45) is 5.14 Å². The molecule has 0 bridgehead atoms. The van der Waals surface area contributed by atoms with E-state index in [1.165, 1.54) is 19.3 Å². The average Bonchev–Trinajstić information content (AvgIpc) is 2.99. The van der Waals surface area contributed by atoms with Crippen LogP contribution >= 0.6 is 0 Å². The number of carbonyl (C=O) groups is 1. The highest BCUT2D eigenvalue weighted by atomic mass is 32.2. The zero-order valence-electron chi connectivity index (χ0n) is 13.1. The maximum atomic E-state index is 12.0. The molecule has 2 aromatic rings. The number of benzene rings is 1. The van der Waals surface area contributed by atoms with E-state index in [-0.39, 0.29) is 16.2 Å². The minimum Gasteiger partial charge on any atom is -0.464 e. The third-order valence-corrected chi connectivity index (χ3v) is 4.36. The van der Waals surface area contributed by atoms with Crippen LogP contribution in [0.25, 0.3) is 11.3 Å². The van der Waals surface area contributed by atoms with Crippen LogP contribution in [0.5, 0.6) is 0 Å². The van der Waals surface area contributed by atoms with E-state index >= 15 is 0 Å². The zero-order chi connectivity index (χ0) is 17.0. The summed E-state index contributed by atoms with van der Waals surface area (Å²) >= 11 is 0. The van der Waals surface area contributed by atoms with Gasteiger partial charge >= 0.3 is 0 Å². The molecule has 3 N–H and O–H groups in total. The van der Waals surface area contributed by atoms with E-state index in [1.54, 1.807) is 18.2 Å². The van der Waals surface area contributed by atoms with Crippen molar-refractivity contribution in [2.45, 2.75) is 31.6 Å². The molecule has 0 radical (unpaired) electrons. The molecule has 0 aliphatic heterocycles. The lowest BCUT2D eigenvalue weighted by molar-refractivity contribution is 0.101. The average molecular weight is 336 g/mol. The van der Waals surface area contributed by atoms with Gasteiger partial charge in [-0.2, -0.15) is 0 Å². The van der Waals surface area contributed by atoms with Crippen LogP contribution in [0.3, 0.4) is 0 Å². The van der Waals surface area contributed by atoms with Crippen LogP contribution in [0.1, 0.15) is 37.0 Å². The summed E-state index contributed by atoms with van der Waals surface area (Å²) in [5.74, 6) is 0.141. The third kappa shape index (κ3) is 4.00. The number of Topliss-reactive ketones (excluding diaryl/α,β-unsaturated/α-hetero) is 1. The number of hydrogen-bond acceptors (Lipinski definition) is 5. The molecule has 0 unspecified atom stereocenters. The smallest absolute Gasteiger partial charge is 0.238 e. The Balaban J connectivity index is 2.70. The molecule has 0 saturated carbocycles. The maximum Gasteiger partial charge on any atom is 0.238 e.